The third kappa shape index (κ3) is 2.96. The Morgan fingerprint density at radius 1 is 1.27 bits per heavy atom. The van der Waals surface area contributed by atoms with Gasteiger partial charge < -0.3 is 10.6 Å². The first-order valence-corrected chi connectivity index (χ1v) is 9.54. The molecule has 3 aliphatic rings. The van der Waals surface area contributed by atoms with Crippen LogP contribution in [-0.4, -0.2) is 24.4 Å². The Morgan fingerprint density at radius 3 is 2.81 bits per heavy atom. The fourth-order valence-corrected chi connectivity index (χ4v) is 4.62. The summed E-state index contributed by atoms with van der Waals surface area (Å²) in [5, 5.41) is 8.74. The van der Waals surface area contributed by atoms with Crippen LogP contribution >= 0.6 is 11.6 Å². The molecule has 0 spiro atoms. The lowest BCUT2D eigenvalue weighted by atomic mass is 9.67. The van der Waals surface area contributed by atoms with Gasteiger partial charge in [0.25, 0.3) is 0 Å². The van der Waals surface area contributed by atoms with Crippen LogP contribution in [0.5, 0.6) is 0 Å². The van der Waals surface area contributed by atoms with Gasteiger partial charge in [-0.15, -0.1) is 0 Å². The van der Waals surface area contributed by atoms with E-state index in [0.29, 0.717) is 10.9 Å². The van der Waals surface area contributed by atoms with E-state index in [1.54, 1.807) is 0 Å². The maximum atomic E-state index is 13.0. The molecule has 4 amide bonds. The number of carbonyl (C=O) groups excluding carboxylic acids is 3. The van der Waals surface area contributed by atoms with Gasteiger partial charge in [-0.3, -0.25) is 14.9 Å². The van der Waals surface area contributed by atoms with Crippen molar-refractivity contribution >= 4 is 29.4 Å². The number of halogens is 1. The molecule has 0 bridgehead atoms. The molecule has 1 aromatic carbocycles. The fraction of sp³-hybridized carbons (Fsp3) is 0.526. The van der Waals surface area contributed by atoms with Crippen LogP contribution in [0.1, 0.15) is 43.2 Å². The van der Waals surface area contributed by atoms with Crippen LogP contribution < -0.4 is 16.0 Å². The highest BCUT2D eigenvalue weighted by molar-refractivity contribution is 6.30. The first-order chi connectivity index (χ1) is 12.5. The molecule has 1 aromatic rings. The van der Waals surface area contributed by atoms with Crippen molar-refractivity contribution in [3.63, 3.8) is 0 Å². The molecule has 2 fully saturated rings. The predicted molar refractivity (Wildman–Crippen MR) is 96.6 cm³/mol. The molecule has 0 radical (unpaired) electrons. The van der Waals surface area contributed by atoms with Crippen molar-refractivity contribution in [2.45, 2.75) is 44.1 Å². The molecular formula is C19H22ClN3O3. The van der Waals surface area contributed by atoms with E-state index in [1.165, 1.54) is 12.0 Å². The monoisotopic (exact) mass is 375 g/mol. The largest absolute Gasteiger partial charge is 0.346 e. The number of hydrogen-bond donors (Lipinski definition) is 3. The summed E-state index contributed by atoms with van der Waals surface area (Å²) in [7, 11) is 0. The van der Waals surface area contributed by atoms with Crippen LogP contribution in [-0.2, 0) is 21.5 Å². The summed E-state index contributed by atoms with van der Waals surface area (Å²) < 4.78 is 0. The molecule has 1 saturated carbocycles. The van der Waals surface area contributed by atoms with Gasteiger partial charge >= 0.3 is 6.03 Å². The summed E-state index contributed by atoms with van der Waals surface area (Å²) in [6, 6.07) is 5.37. The average molecular weight is 376 g/mol. The normalized spacial score (nSPS) is 28.4. The first kappa shape index (κ1) is 17.3. The van der Waals surface area contributed by atoms with Crippen molar-refractivity contribution in [1.29, 1.82) is 0 Å². The van der Waals surface area contributed by atoms with E-state index < -0.39 is 23.4 Å². The number of imide groups is 1. The van der Waals surface area contributed by atoms with E-state index in [1.807, 2.05) is 18.2 Å². The van der Waals surface area contributed by atoms with Gasteiger partial charge in [-0.2, -0.15) is 0 Å². The van der Waals surface area contributed by atoms with Crippen molar-refractivity contribution in [3.05, 3.63) is 34.3 Å². The van der Waals surface area contributed by atoms with E-state index in [0.717, 1.165) is 31.2 Å². The quantitative estimate of drug-likeness (QED) is 0.757. The Balaban J connectivity index is 1.61. The number of urea groups is 1. The lowest BCUT2D eigenvalue weighted by molar-refractivity contribution is -0.131. The van der Waals surface area contributed by atoms with E-state index >= 15 is 0 Å². The maximum Gasteiger partial charge on any atom is 0.321 e. The summed E-state index contributed by atoms with van der Waals surface area (Å²) in [5.74, 6) is -0.781. The second kappa shape index (κ2) is 6.58. The maximum absolute atomic E-state index is 13.0. The smallest absolute Gasteiger partial charge is 0.321 e. The Labute approximate surface area is 157 Å². The zero-order valence-electron chi connectivity index (χ0n) is 14.4. The molecule has 138 valence electrons. The third-order valence-electron chi connectivity index (χ3n) is 6.05. The molecule has 7 heteroatoms. The molecule has 2 aliphatic carbocycles. The van der Waals surface area contributed by atoms with Gasteiger partial charge in [0.2, 0.25) is 11.8 Å². The lowest BCUT2D eigenvalue weighted by Gasteiger charge is -2.45. The third-order valence-corrected chi connectivity index (χ3v) is 6.29. The SMILES string of the molecule is O=C1CC(C(=O)NC2(C3CCC3)CCc3ccc(Cl)cc32)CNC(=O)N1. The van der Waals surface area contributed by atoms with E-state index in [4.69, 9.17) is 11.6 Å². The standard InChI is InChI=1S/C19H22ClN3O3/c20-14-5-4-11-6-7-19(15(11)9-14,13-2-1-3-13)23-17(25)12-8-16(24)22-18(26)21-10-12/h4-5,9,12-13H,1-3,6-8,10H2,(H,23,25)(H2,21,22,24,26). The zero-order chi connectivity index (χ0) is 18.3. The second-order valence-electron chi connectivity index (χ2n) is 7.55. The molecular weight excluding hydrogens is 354 g/mol. The molecule has 1 aliphatic heterocycles. The molecule has 2 atom stereocenters. The minimum absolute atomic E-state index is 0.00766. The first-order valence-electron chi connectivity index (χ1n) is 9.16. The molecule has 4 rings (SSSR count). The highest BCUT2D eigenvalue weighted by atomic mass is 35.5. The fourth-order valence-electron chi connectivity index (χ4n) is 4.45. The number of benzene rings is 1. The lowest BCUT2D eigenvalue weighted by Crippen LogP contribution is -2.54. The minimum Gasteiger partial charge on any atom is -0.346 e. The highest BCUT2D eigenvalue weighted by Gasteiger charge is 2.49. The topological polar surface area (TPSA) is 87.3 Å². The van der Waals surface area contributed by atoms with Crippen molar-refractivity contribution in [1.82, 2.24) is 16.0 Å². The number of fused-ring (bicyclic) bond motifs is 1. The number of rotatable bonds is 3. The van der Waals surface area contributed by atoms with Gasteiger partial charge in [0.1, 0.15) is 0 Å². The van der Waals surface area contributed by atoms with Crippen LogP contribution in [0.3, 0.4) is 0 Å². The van der Waals surface area contributed by atoms with Crippen molar-refractivity contribution in [3.8, 4) is 0 Å². The summed E-state index contributed by atoms with van der Waals surface area (Å²) in [6.07, 6.45) is 5.09. The summed E-state index contributed by atoms with van der Waals surface area (Å²) >= 11 is 6.25. The number of nitrogens with one attached hydrogen (secondary N) is 3. The Hall–Kier alpha value is -2.08. The summed E-state index contributed by atoms with van der Waals surface area (Å²) in [4.78, 5) is 36.3. The predicted octanol–water partition coefficient (Wildman–Crippen LogP) is 2.24. The molecule has 3 N–H and O–H groups in total. The van der Waals surface area contributed by atoms with E-state index in [9.17, 15) is 14.4 Å². The van der Waals surface area contributed by atoms with Crippen LogP contribution in [0.2, 0.25) is 5.02 Å². The van der Waals surface area contributed by atoms with Gasteiger partial charge in [0.05, 0.1) is 11.5 Å². The van der Waals surface area contributed by atoms with Crippen LogP contribution in [0.25, 0.3) is 0 Å². The number of carbonyl (C=O) groups is 3. The van der Waals surface area contributed by atoms with Gasteiger partial charge in [-0.25, -0.2) is 4.79 Å². The molecule has 26 heavy (non-hydrogen) atoms. The minimum atomic E-state index is -0.568. The number of amides is 4. The average Bonchev–Trinajstić information content (AvgIpc) is 2.77. The summed E-state index contributed by atoms with van der Waals surface area (Å²) in [6.45, 7) is 0.159. The van der Waals surface area contributed by atoms with E-state index in [-0.39, 0.29) is 18.9 Å². The second-order valence-corrected chi connectivity index (χ2v) is 7.99. The number of hydrogen-bond acceptors (Lipinski definition) is 3. The highest BCUT2D eigenvalue weighted by Crippen LogP contribution is 2.50. The Morgan fingerprint density at radius 2 is 2.08 bits per heavy atom. The van der Waals surface area contributed by atoms with Crippen molar-refractivity contribution < 1.29 is 14.4 Å². The van der Waals surface area contributed by atoms with Gasteiger partial charge in [0.15, 0.2) is 0 Å². The van der Waals surface area contributed by atoms with Crippen molar-refractivity contribution in [2.24, 2.45) is 11.8 Å². The molecule has 6 nitrogen and oxygen atoms in total. The van der Waals surface area contributed by atoms with Gasteiger partial charge in [-0.1, -0.05) is 24.1 Å². The molecule has 2 unspecified atom stereocenters. The number of aryl methyl sites for hydroxylation is 1. The molecule has 0 aromatic heterocycles. The van der Waals surface area contributed by atoms with Gasteiger partial charge in [0, 0.05) is 18.0 Å². The van der Waals surface area contributed by atoms with Crippen LogP contribution in [0.4, 0.5) is 4.79 Å². The van der Waals surface area contributed by atoms with E-state index in [2.05, 4.69) is 16.0 Å². The summed E-state index contributed by atoms with van der Waals surface area (Å²) in [5.41, 5.74) is 1.93. The Bertz CT molecular complexity index is 777. The zero-order valence-corrected chi connectivity index (χ0v) is 15.2. The molecule has 1 heterocycles. The Kier molecular flexibility index (Phi) is 4.39. The van der Waals surface area contributed by atoms with Gasteiger partial charge in [-0.05, 0) is 54.9 Å². The van der Waals surface area contributed by atoms with Crippen LogP contribution in [0.15, 0.2) is 18.2 Å². The van der Waals surface area contributed by atoms with Crippen molar-refractivity contribution in [2.75, 3.05) is 6.54 Å². The van der Waals surface area contributed by atoms with Crippen LogP contribution in [0, 0.1) is 11.8 Å². The molecule has 1 saturated heterocycles.